The number of nitro groups is 1. The third kappa shape index (κ3) is 3.74. The summed E-state index contributed by atoms with van der Waals surface area (Å²) in [5.41, 5.74) is 7.18. The molecule has 21 heavy (non-hydrogen) atoms. The van der Waals surface area contributed by atoms with Crippen LogP contribution in [0.3, 0.4) is 0 Å². The molecule has 5 nitrogen and oxygen atoms in total. The Hall–Kier alpha value is -2.05. The molecule has 0 saturated heterocycles. The van der Waals surface area contributed by atoms with Gasteiger partial charge in [0.2, 0.25) is 0 Å². The van der Waals surface area contributed by atoms with Crippen molar-refractivity contribution in [1.82, 2.24) is 0 Å². The van der Waals surface area contributed by atoms with Gasteiger partial charge < -0.3 is 10.5 Å². The number of benzene rings is 2. The predicted molar refractivity (Wildman–Crippen MR) is 83.7 cm³/mol. The van der Waals surface area contributed by atoms with Gasteiger partial charge in [0.25, 0.3) is 5.69 Å². The van der Waals surface area contributed by atoms with Crippen LogP contribution in [-0.2, 0) is 0 Å². The lowest BCUT2D eigenvalue weighted by molar-refractivity contribution is -0.387. The van der Waals surface area contributed by atoms with E-state index in [9.17, 15) is 10.1 Å². The number of para-hydroxylation sites is 2. The van der Waals surface area contributed by atoms with E-state index >= 15 is 0 Å². The highest BCUT2D eigenvalue weighted by molar-refractivity contribution is 7.99. The standard InChI is InChI=1S/C15H16N2O3S/c1-20-14-8-4-2-6-11(14)12(16)10-21-15-9-5-3-7-13(15)17(18)19/h2-9,12H,10,16H2,1H3. The summed E-state index contributed by atoms with van der Waals surface area (Å²) in [6.07, 6.45) is 0. The van der Waals surface area contributed by atoms with Crippen LogP contribution in [0.15, 0.2) is 53.4 Å². The van der Waals surface area contributed by atoms with Gasteiger partial charge in [-0.05, 0) is 12.1 Å². The molecule has 0 aliphatic rings. The first kappa shape index (κ1) is 15.3. The van der Waals surface area contributed by atoms with Crippen molar-refractivity contribution < 1.29 is 9.66 Å². The predicted octanol–water partition coefficient (Wildman–Crippen LogP) is 3.40. The molecule has 0 saturated carbocycles. The van der Waals surface area contributed by atoms with Crippen molar-refractivity contribution in [2.75, 3.05) is 12.9 Å². The van der Waals surface area contributed by atoms with Gasteiger partial charge in [0.15, 0.2) is 0 Å². The minimum Gasteiger partial charge on any atom is -0.496 e. The Labute approximate surface area is 127 Å². The van der Waals surface area contributed by atoms with Crippen molar-refractivity contribution in [3.05, 3.63) is 64.2 Å². The Morgan fingerprint density at radius 2 is 1.90 bits per heavy atom. The maximum absolute atomic E-state index is 11.0. The van der Waals surface area contributed by atoms with Crippen molar-refractivity contribution in [1.29, 1.82) is 0 Å². The van der Waals surface area contributed by atoms with E-state index in [1.54, 1.807) is 25.3 Å². The van der Waals surface area contributed by atoms with Crippen molar-refractivity contribution in [3.8, 4) is 5.75 Å². The molecule has 2 aromatic rings. The van der Waals surface area contributed by atoms with Crippen LogP contribution in [-0.4, -0.2) is 17.8 Å². The highest BCUT2D eigenvalue weighted by Gasteiger charge is 2.16. The van der Waals surface area contributed by atoms with E-state index in [0.29, 0.717) is 10.6 Å². The van der Waals surface area contributed by atoms with Gasteiger partial charge in [-0.1, -0.05) is 30.3 Å². The summed E-state index contributed by atoms with van der Waals surface area (Å²) in [5, 5.41) is 11.0. The third-order valence-electron chi connectivity index (χ3n) is 3.02. The number of nitrogens with zero attached hydrogens (tertiary/aromatic N) is 1. The van der Waals surface area contributed by atoms with E-state index in [-0.39, 0.29) is 16.7 Å². The summed E-state index contributed by atoms with van der Waals surface area (Å²) < 4.78 is 5.28. The fraction of sp³-hybridized carbons (Fsp3) is 0.200. The maximum atomic E-state index is 11.0. The Morgan fingerprint density at radius 1 is 1.24 bits per heavy atom. The summed E-state index contributed by atoms with van der Waals surface area (Å²) in [4.78, 5) is 11.2. The van der Waals surface area contributed by atoms with Crippen LogP contribution in [0.1, 0.15) is 11.6 Å². The van der Waals surface area contributed by atoms with Crippen LogP contribution < -0.4 is 10.5 Å². The average Bonchev–Trinajstić information content (AvgIpc) is 2.52. The molecule has 0 aliphatic carbocycles. The molecule has 2 rings (SSSR count). The highest BCUT2D eigenvalue weighted by Crippen LogP contribution is 2.32. The lowest BCUT2D eigenvalue weighted by atomic mass is 10.1. The van der Waals surface area contributed by atoms with E-state index < -0.39 is 0 Å². The van der Waals surface area contributed by atoms with Gasteiger partial charge in [-0.25, -0.2) is 0 Å². The second-order valence-corrected chi connectivity index (χ2v) is 5.45. The SMILES string of the molecule is COc1ccccc1C(N)CSc1ccccc1[N+](=O)[O-]. The fourth-order valence-electron chi connectivity index (χ4n) is 1.97. The Morgan fingerprint density at radius 3 is 2.62 bits per heavy atom. The smallest absolute Gasteiger partial charge is 0.282 e. The van der Waals surface area contributed by atoms with Crippen LogP contribution in [0.2, 0.25) is 0 Å². The number of rotatable bonds is 6. The molecule has 0 fully saturated rings. The molecule has 0 aromatic heterocycles. The largest absolute Gasteiger partial charge is 0.496 e. The third-order valence-corrected chi connectivity index (χ3v) is 4.20. The zero-order valence-electron chi connectivity index (χ0n) is 11.6. The Bertz CT molecular complexity index is 634. The average molecular weight is 304 g/mol. The molecule has 0 aliphatic heterocycles. The molecule has 6 heteroatoms. The first-order valence-electron chi connectivity index (χ1n) is 6.38. The highest BCUT2D eigenvalue weighted by atomic mass is 32.2. The molecule has 0 heterocycles. The van der Waals surface area contributed by atoms with E-state index in [2.05, 4.69) is 0 Å². The molecule has 0 spiro atoms. The van der Waals surface area contributed by atoms with Crippen LogP contribution in [0.25, 0.3) is 0 Å². The molecule has 110 valence electrons. The maximum Gasteiger partial charge on any atom is 0.282 e. The number of nitrogens with two attached hydrogens (primary N) is 1. The van der Waals surface area contributed by atoms with E-state index in [4.69, 9.17) is 10.5 Å². The second kappa shape index (κ2) is 7.10. The van der Waals surface area contributed by atoms with Crippen molar-refractivity contribution in [2.45, 2.75) is 10.9 Å². The van der Waals surface area contributed by atoms with Gasteiger partial charge in [-0.3, -0.25) is 10.1 Å². The number of thioether (sulfide) groups is 1. The Kier molecular flexibility index (Phi) is 5.19. The second-order valence-electron chi connectivity index (χ2n) is 4.38. The van der Waals surface area contributed by atoms with E-state index in [1.165, 1.54) is 17.8 Å². The van der Waals surface area contributed by atoms with Crippen LogP contribution in [0.5, 0.6) is 5.75 Å². The lowest BCUT2D eigenvalue weighted by Crippen LogP contribution is -2.14. The Balaban J connectivity index is 2.11. The van der Waals surface area contributed by atoms with Crippen molar-refractivity contribution in [2.24, 2.45) is 5.73 Å². The van der Waals surface area contributed by atoms with Crippen molar-refractivity contribution >= 4 is 17.4 Å². The molecule has 2 N–H and O–H groups in total. The molecular formula is C15H16N2O3S. The van der Waals surface area contributed by atoms with Gasteiger partial charge in [-0.2, -0.15) is 0 Å². The van der Waals surface area contributed by atoms with E-state index in [1.807, 2.05) is 24.3 Å². The monoisotopic (exact) mass is 304 g/mol. The van der Waals surface area contributed by atoms with Crippen LogP contribution >= 0.6 is 11.8 Å². The summed E-state index contributed by atoms with van der Waals surface area (Å²) in [5.74, 6) is 1.26. The number of hydrogen-bond donors (Lipinski definition) is 1. The zero-order valence-corrected chi connectivity index (χ0v) is 12.4. The van der Waals surface area contributed by atoms with Gasteiger partial charge in [0, 0.05) is 23.4 Å². The van der Waals surface area contributed by atoms with Gasteiger partial charge >= 0.3 is 0 Å². The minimum atomic E-state index is -0.378. The molecular weight excluding hydrogens is 288 g/mol. The number of ether oxygens (including phenoxy) is 1. The first-order chi connectivity index (χ1) is 10.1. The molecule has 0 radical (unpaired) electrons. The fourth-order valence-corrected chi connectivity index (χ4v) is 2.98. The van der Waals surface area contributed by atoms with E-state index in [0.717, 1.165) is 11.3 Å². The molecule has 1 unspecified atom stereocenters. The van der Waals surface area contributed by atoms with Crippen LogP contribution in [0.4, 0.5) is 5.69 Å². The van der Waals surface area contributed by atoms with Gasteiger partial charge in [0.1, 0.15) is 5.75 Å². The lowest BCUT2D eigenvalue weighted by Gasteiger charge is -2.15. The van der Waals surface area contributed by atoms with Gasteiger partial charge in [-0.15, -0.1) is 11.8 Å². The van der Waals surface area contributed by atoms with Gasteiger partial charge in [0.05, 0.1) is 16.9 Å². The number of hydrogen-bond acceptors (Lipinski definition) is 5. The summed E-state index contributed by atoms with van der Waals surface area (Å²) >= 11 is 1.38. The quantitative estimate of drug-likeness (QED) is 0.503. The topological polar surface area (TPSA) is 78.4 Å². The minimum absolute atomic E-state index is 0.106. The summed E-state index contributed by atoms with van der Waals surface area (Å²) in [6, 6.07) is 13.9. The number of nitro benzene ring substituents is 1. The van der Waals surface area contributed by atoms with Crippen molar-refractivity contribution in [3.63, 3.8) is 0 Å². The number of methoxy groups -OCH3 is 1. The molecule has 0 bridgehead atoms. The van der Waals surface area contributed by atoms with Crippen LogP contribution in [0, 0.1) is 10.1 Å². The summed E-state index contributed by atoms with van der Waals surface area (Å²) in [6.45, 7) is 0. The first-order valence-corrected chi connectivity index (χ1v) is 7.36. The molecule has 2 aromatic carbocycles. The zero-order chi connectivity index (χ0) is 15.2. The summed E-state index contributed by atoms with van der Waals surface area (Å²) in [7, 11) is 1.60. The molecule has 1 atom stereocenters. The normalized spacial score (nSPS) is 11.9. The molecule has 0 amide bonds.